The molecule has 0 radical (unpaired) electrons. The van der Waals surface area contributed by atoms with Gasteiger partial charge in [-0.1, -0.05) is 140 Å². The van der Waals surface area contributed by atoms with Crippen molar-refractivity contribution in [1.29, 1.82) is 0 Å². The van der Waals surface area contributed by atoms with Crippen LogP contribution in [-0.2, 0) is 4.79 Å². The molecule has 0 unspecified atom stereocenters. The van der Waals surface area contributed by atoms with Crippen LogP contribution in [0.15, 0.2) is 162 Å². The summed E-state index contributed by atoms with van der Waals surface area (Å²) in [6.45, 7) is 0. The second-order valence-electron chi connectivity index (χ2n) is 10.6. The van der Waals surface area contributed by atoms with Crippen molar-refractivity contribution in [3.8, 4) is 0 Å². The molecule has 3 atom stereocenters. The first kappa shape index (κ1) is 24.9. The lowest BCUT2D eigenvalue weighted by Crippen LogP contribution is -2.51. The van der Waals surface area contributed by atoms with Crippen LogP contribution in [0.25, 0.3) is 0 Å². The van der Waals surface area contributed by atoms with E-state index in [9.17, 15) is 0 Å². The van der Waals surface area contributed by atoms with E-state index in [1.165, 1.54) is 0 Å². The molecule has 5 aromatic rings. The smallest absolute Gasteiger partial charge is 0.262 e. The van der Waals surface area contributed by atoms with Crippen molar-refractivity contribution in [3.05, 3.63) is 174 Å². The molecule has 7 rings (SSSR count). The van der Waals surface area contributed by atoms with Gasteiger partial charge in [0.25, 0.3) is 5.91 Å². The van der Waals surface area contributed by atoms with E-state index >= 15 is 4.79 Å². The number of aliphatic imine (C=N–C) groups is 1. The lowest BCUT2D eigenvalue weighted by molar-refractivity contribution is -0.126. The van der Waals surface area contributed by atoms with Gasteiger partial charge in [-0.3, -0.25) is 9.79 Å². The first-order chi connectivity index (χ1) is 20.3. The van der Waals surface area contributed by atoms with Crippen molar-refractivity contribution in [1.82, 2.24) is 0 Å². The van der Waals surface area contributed by atoms with E-state index in [-0.39, 0.29) is 11.8 Å². The minimum atomic E-state index is -1.07. The molecule has 0 fully saturated rings. The Morgan fingerprint density at radius 2 is 1.07 bits per heavy atom. The molecule has 1 amide bonds. The van der Waals surface area contributed by atoms with E-state index in [1.54, 1.807) is 5.01 Å². The molecular formula is C37H29N3O. The Kier molecular flexibility index (Phi) is 6.36. The molecular weight excluding hydrogens is 502 g/mol. The van der Waals surface area contributed by atoms with Crippen LogP contribution in [0.3, 0.4) is 0 Å². The summed E-state index contributed by atoms with van der Waals surface area (Å²) in [5.74, 6) is -0.261. The number of hydrogen-bond donors (Lipinski definition) is 0. The van der Waals surface area contributed by atoms with Crippen LogP contribution in [0.5, 0.6) is 0 Å². The third-order valence-corrected chi connectivity index (χ3v) is 8.27. The molecule has 0 N–H and O–H groups in total. The number of anilines is 1. The Bertz CT molecular complexity index is 1720. The monoisotopic (exact) mass is 531 g/mol. The van der Waals surface area contributed by atoms with Gasteiger partial charge in [0, 0.05) is 11.6 Å². The van der Waals surface area contributed by atoms with Crippen molar-refractivity contribution >= 4 is 23.0 Å². The van der Waals surface area contributed by atoms with Gasteiger partial charge in [-0.2, -0.15) is 10.1 Å². The van der Waals surface area contributed by atoms with Crippen molar-refractivity contribution in [3.63, 3.8) is 0 Å². The molecule has 5 aromatic carbocycles. The van der Waals surface area contributed by atoms with Crippen LogP contribution < -0.4 is 5.01 Å². The number of hydrazone groups is 1. The van der Waals surface area contributed by atoms with Gasteiger partial charge in [0.1, 0.15) is 5.41 Å². The summed E-state index contributed by atoms with van der Waals surface area (Å²) in [5, 5.41) is 6.78. The van der Waals surface area contributed by atoms with Crippen LogP contribution in [0.2, 0.25) is 0 Å². The van der Waals surface area contributed by atoms with E-state index in [0.717, 1.165) is 39.4 Å². The minimum absolute atomic E-state index is 0.0545. The molecule has 2 aliphatic heterocycles. The molecule has 2 heterocycles. The average Bonchev–Trinajstić information content (AvgIpc) is 3.35. The molecule has 2 aliphatic rings. The third kappa shape index (κ3) is 4.20. The summed E-state index contributed by atoms with van der Waals surface area (Å²) in [5.41, 5.74) is 5.53. The topological polar surface area (TPSA) is 45.0 Å². The first-order valence-electron chi connectivity index (χ1n) is 14.0. The maximum absolute atomic E-state index is 15.2. The highest BCUT2D eigenvalue weighted by Crippen LogP contribution is 2.58. The Labute approximate surface area is 240 Å². The number of hydrogen-bond acceptors (Lipinski definition) is 3. The van der Waals surface area contributed by atoms with Crippen LogP contribution in [0.4, 0.5) is 5.69 Å². The fourth-order valence-corrected chi connectivity index (χ4v) is 6.42. The number of benzene rings is 5. The fraction of sp³-hybridized carbons (Fsp3) is 0.108. The summed E-state index contributed by atoms with van der Waals surface area (Å²) in [4.78, 5) is 20.7. The molecule has 0 saturated heterocycles. The van der Waals surface area contributed by atoms with Crippen molar-refractivity contribution < 1.29 is 4.79 Å². The molecule has 4 nitrogen and oxygen atoms in total. The quantitative estimate of drug-likeness (QED) is 0.228. The number of para-hydroxylation sites is 1. The zero-order valence-electron chi connectivity index (χ0n) is 22.5. The summed E-state index contributed by atoms with van der Waals surface area (Å²) in [7, 11) is 0. The number of carbonyl (C=O) groups excluding carboxylic acids is 1. The summed E-state index contributed by atoms with van der Waals surface area (Å²) in [6, 6.07) is 50.4. The van der Waals surface area contributed by atoms with E-state index < -0.39 is 11.5 Å². The maximum Gasteiger partial charge on any atom is 0.262 e. The SMILES string of the molecule is O=C1N(c2ccccc2)N=C(c2ccccc2)[C@@]12[C@@H](c1ccccc1)CC(c1ccccc1)=N[C@H]2c1ccccc1. The lowest BCUT2D eigenvalue weighted by atomic mass is 9.58. The predicted molar refractivity (Wildman–Crippen MR) is 165 cm³/mol. The molecule has 0 aromatic heterocycles. The van der Waals surface area contributed by atoms with Gasteiger partial charge in [-0.15, -0.1) is 0 Å². The molecule has 4 heteroatoms. The minimum Gasteiger partial charge on any atom is -0.279 e. The Hall–Kier alpha value is -5.09. The Morgan fingerprint density at radius 3 is 1.66 bits per heavy atom. The number of carbonyl (C=O) groups is 1. The van der Waals surface area contributed by atoms with E-state index in [1.807, 2.05) is 91.0 Å². The summed E-state index contributed by atoms with van der Waals surface area (Å²) < 4.78 is 0. The molecule has 0 bridgehead atoms. The lowest BCUT2D eigenvalue weighted by Gasteiger charge is -2.45. The predicted octanol–water partition coefficient (Wildman–Crippen LogP) is 7.84. The second-order valence-corrected chi connectivity index (χ2v) is 10.6. The molecule has 0 aliphatic carbocycles. The zero-order chi connectivity index (χ0) is 27.6. The fourth-order valence-electron chi connectivity index (χ4n) is 6.42. The number of amides is 1. The van der Waals surface area contributed by atoms with Gasteiger partial charge in [0.2, 0.25) is 0 Å². The molecule has 41 heavy (non-hydrogen) atoms. The normalized spacial score (nSPS) is 22.0. The van der Waals surface area contributed by atoms with Crippen LogP contribution in [0.1, 0.15) is 40.6 Å². The standard InChI is InChI=1S/C37H29N3O/c41-36-37(35(30-22-12-4-13-23-30)39-40(36)31-24-14-5-15-25-31)32(27-16-6-1-7-17-27)26-33(28-18-8-2-9-19-28)38-34(37)29-20-10-3-11-21-29/h1-25,32,34H,26H2/t32-,34+,37+/m1/s1. The summed E-state index contributed by atoms with van der Waals surface area (Å²) >= 11 is 0. The Balaban J connectivity index is 1.55. The first-order valence-corrected chi connectivity index (χ1v) is 14.0. The van der Waals surface area contributed by atoms with Crippen LogP contribution in [-0.4, -0.2) is 17.3 Å². The van der Waals surface area contributed by atoms with Gasteiger partial charge < -0.3 is 0 Å². The highest BCUT2D eigenvalue weighted by Gasteiger charge is 2.63. The van der Waals surface area contributed by atoms with Gasteiger partial charge in [0.15, 0.2) is 0 Å². The number of nitrogens with zero attached hydrogens (tertiary/aromatic N) is 3. The molecule has 1 spiro atoms. The van der Waals surface area contributed by atoms with Gasteiger partial charge in [0.05, 0.1) is 17.4 Å². The highest BCUT2D eigenvalue weighted by atomic mass is 16.2. The van der Waals surface area contributed by atoms with Gasteiger partial charge in [-0.25, -0.2) is 0 Å². The van der Waals surface area contributed by atoms with Crippen molar-refractivity contribution in [2.24, 2.45) is 15.5 Å². The largest absolute Gasteiger partial charge is 0.279 e. The molecule has 0 saturated carbocycles. The zero-order valence-corrected chi connectivity index (χ0v) is 22.5. The third-order valence-electron chi connectivity index (χ3n) is 8.27. The highest BCUT2D eigenvalue weighted by molar-refractivity contribution is 6.27. The Morgan fingerprint density at radius 1 is 0.585 bits per heavy atom. The van der Waals surface area contributed by atoms with Crippen molar-refractivity contribution in [2.75, 3.05) is 5.01 Å². The average molecular weight is 532 g/mol. The second kappa shape index (κ2) is 10.5. The van der Waals surface area contributed by atoms with Crippen molar-refractivity contribution in [2.45, 2.75) is 18.4 Å². The van der Waals surface area contributed by atoms with Gasteiger partial charge >= 0.3 is 0 Å². The van der Waals surface area contributed by atoms with E-state index in [4.69, 9.17) is 10.1 Å². The summed E-state index contributed by atoms with van der Waals surface area (Å²) in [6.07, 6.45) is 0.609. The molecule has 198 valence electrons. The van der Waals surface area contributed by atoms with Crippen LogP contribution in [0, 0.1) is 5.41 Å². The number of rotatable bonds is 5. The van der Waals surface area contributed by atoms with Gasteiger partial charge in [-0.05, 0) is 40.8 Å². The maximum atomic E-state index is 15.2. The van der Waals surface area contributed by atoms with E-state index in [2.05, 4.69) is 60.7 Å². The van der Waals surface area contributed by atoms with E-state index in [0.29, 0.717) is 6.42 Å². The van der Waals surface area contributed by atoms with Crippen LogP contribution >= 0.6 is 0 Å².